The second-order valence-electron chi connectivity index (χ2n) is 7.66. The molecule has 12 heteroatoms. The van der Waals surface area contributed by atoms with E-state index >= 15 is 0 Å². The molecular weight excluding hydrogens is 463 g/mol. The van der Waals surface area contributed by atoms with E-state index in [1.54, 1.807) is 17.0 Å². The molecule has 10 nitrogen and oxygen atoms in total. The van der Waals surface area contributed by atoms with Crippen LogP contribution in [0.15, 0.2) is 42.7 Å². The molecule has 0 radical (unpaired) electrons. The van der Waals surface area contributed by atoms with Gasteiger partial charge in [-0.25, -0.2) is 14.4 Å². The maximum absolute atomic E-state index is 14.1. The Morgan fingerprint density at radius 2 is 1.88 bits per heavy atom. The number of carbonyl (C=O) groups excluding carboxylic acids is 1. The number of hydrazine groups is 1. The van der Waals surface area contributed by atoms with Crippen molar-refractivity contribution in [1.29, 1.82) is 0 Å². The topological polar surface area (TPSA) is 108 Å². The Kier molecular flexibility index (Phi) is 7.24. The molecule has 0 aliphatic carbocycles. The van der Waals surface area contributed by atoms with E-state index in [0.717, 1.165) is 17.6 Å². The summed E-state index contributed by atoms with van der Waals surface area (Å²) >= 11 is 6.31. The van der Waals surface area contributed by atoms with Gasteiger partial charge in [0.05, 0.1) is 42.0 Å². The number of nitrogens with zero attached hydrogens (tertiary/aromatic N) is 5. The van der Waals surface area contributed by atoms with Crippen molar-refractivity contribution in [3.63, 3.8) is 0 Å². The second kappa shape index (κ2) is 10.5. The molecule has 0 bridgehead atoms. The average Bonchev–Trinajstić information content (AvgIpc) is 2.84. The number of pyridine rings is 1. The predicted molar refractivity (Wildman–Crippen MR) is 129 cm³/mol. The molecule has 34 heavy (non-hydrogen) atoms. The molecule has 1 fully saturated rings. The lowest BCUT2D eigenvalue weighted by Crippen LogP contribution is -2.38. The number of amides is 1. The van der Waals surface area contributed by atoms with Crippen LogP contribution in [0.4, 0.5) is 33.2 Å². The van der Waals surface area contributed by atoms with Gasteiger partial charge in [-0.1, -0.05) is 11.6 Å². The molecule has 1 amide bonds. The molecule has 0 unspecified atom stereocenters. The zero-order valence-corrected chi connectivity index (χ0v) is 19.4. The van der Waals surface area contributed by atoms with Crippen LogP contribution in [-0.2, 0) is 4.74 Å². The SMILES string of the molecule is CN(C)c1ccc(Nc2ccc(C(=O)NNc3ncc(F)c(N4CCOCC4)n3)nc2)cc1Cl. The molecule has 0 saturated carbocycles. The number of morpholine rings is 1. The van der Waals surface area contributed by atoms with E-state index in [9.17, 15) is 9.18 Å². The van der Waals surface area contributed by atoms with Gasteiger partial charge in [0, 0.05) is 32.9 Å². The van der Waals surface area contributed by atoms with Gasteiger partial charge in [-0.2, -0.15) is 4.98 Å². The number of aromatic nitrogens is 3. The van der Waals surface area contributed by atoms with Gasteiger partial charge in [0.2, 0.25) is 5.95 Å². The van der Waals surface area contributed by atoms with Crippen LogP contribution in [-0.4, -0.2) is 61.3 Å². The highest BCUT2D eigenvalue weighted by molar-refractivity contribution is 6.33. The Balaban J connectivity index is 1.36. The minimum Gasteiger partial charge on any atom is -0.378 e. The van der Waals surface area contributed by atoms with E-state index < -0.39 is 11.7 Å². The van der Waals surface area contributed by atoms with E-state index in [4.69, 9.17) is 16.3 Å². The third-order valence-corrected chi connectivity index (χ3v) is 5.34. The Hall–Kier alpha value is -3.70. The average molecular weight is 487 g/mol. The Bertz CT molecular complexity index is 1160. The van der Waals surface area contributed by atoms with Crippen LogP contribution >= 0.6 is 11.6 Å². The number of nitrogens with one attached hydrogen (secondary N) is 3. The van der Waals surface area contributed by atoms with Gasteiger partial charge < -0.3 is 19.9 Å². The van der Waals surface area contributed by atoms with Crippen molar-refractivity contribution in [1.82, 2.24) is 20.4 Å². The molecule has 3 aromatic rings. The molecule has 3 heterocycles. The second-order valence-corrected chi connectivity index (χ2v) is 8.07. The predicted octanol–water partition coefficient (Wildman–Crippen LogP) is 3.07. The number of carbonyl (C=O) groups is 1. The Morgan fingerprint density at radius 3 is 2.56 bits per heavy atom. The van der Waals surface area contributed by atoms with Crippen LogP contribution in [0.25, 0.3) is 0 Å². The van der Waals surface area contributed by atoms with Gasteiger partial charge in [-0.15, -0.1) is 0 Å². The van der Waals surface area contributed by atoms with Gasteiger partial charge in [0.15, 0.2) is 11.6 Å². The van der Waals surface area contributed by atoms with Crippen LogP contribution in [0.3, 0.4) is 0 Å². The molecule has 1 saturated heterocycles. The largest absolute Gasteiger partial charge is 0.378 e. The molecule has 0 atom stereocenters. The number of benzene rings is 1. The third kappa shape index (κ3) is 5.61. The first-order valence-electron chi connectivity index (χ1n) is 10.5. The maximum atomic E-state index is 14.1. The molecule has 0 spiro atoms. The van der Waals surface area contributed by atoms with Crippen molar-refractivity contribution >= 4 is 46.3 Å². The number of hydrogen-bond donors (Lipinski definition) is 3. The lowest BCUT2D eigenvalue weighted by atomic mass is 10.2. The molecule has 1 aliphatic heterocycles. The fraction of sp³-hybridized carbons (Fsp3) is 0.273. The molecule has 3 N–H and O–H groups in total. The molecular formula is C22H24ClFN8O2. The number of anilines is 5. The van der Waals surface area contributed by atoms with E-state index in [-0.39, 0.29) is 17.5 Å². The summed E-state index contributed by atoms with van der Waals surface area (Å²) in [5.74, 6) is -0.818. The van der Waals surface area contributed by atoms with Crippen molar-refractivity contribution in [2.24, 2.45) is 0 Å². The summed E-state index contributed by atoms with van der Waals surface area (Å²) in [6.45, 7) is 2.04. The summed E-state index contributed by atoms with van der Waals surface area (Å²) in [4.78, 5) is 28.4. The van der Waals surface area contributed by atoms with Crippen molar-refractivity contribution in [2.75, 3.05) is 60.9 Å². The summed E-state index contributed by atoms with van der Waals surface area (Å²) in [6.07, 6.45) is 2.59. The summed E-state index contributed by atoms with van der Waals surface area (Å²) < 4.78 is 19.4. The van der Waals surface area contributed by atoms with E-state index in [1.165, 1.54) is 6.20 Å². The van der Waals surface area contributed by atoms with Crippen molar-refractivity contribution in [3.05, 3.63) is 59.3 Å². The zero-order valence-electron chi connectivity index (χ0n) is 18.7. The van der Waals surface area contributed by atoms with Gasteiger partial charge in [-0.3, -0.25) is 15.6 Å². The summed E-state index contributed by atoms with van der Waals surface area (Å²) in [5.41, 5.74) is 7.64. The molecule has 4 rings (SSSR count). The van der Waals surface area contributed by atoms with Gasteiger partial charge >= 0.3 is 0 Å². The fourth-order valence-electron chi connectivity index (χ4n) is 3.31. The lowest BCUT2D eigenvalue weighted by Gasteiger charge is -2.28. The van der Waals surface area contributed by atoms with Crippen LogP contribution in [0.2, 0.25) is 5.02 Å². The van der Waals surface area contributed by atoms with Gasteiger partial charge in [-0.05, 0) is 30.3 Å². The molecule has 1 aromatic carbocycles. The highest BCUT2D eigenvalue weighted by atomic mass is 35.5. The number of halogens is 2. The third-order valence-electron chi connectivity index (χ3n) is 5.04. The van der Waals surface area contributed by atoms with Crippen LogP contribution < -0.4 is 26.0 Å². The van der Waals surface area contributed by atoms with Crippen molar-refractivity contribution in [3.8, 4) is 0 Å². The first-order valence-corrected chi connectivity index (χ1v) is 10.9. The number of hydrogen-bond acceptors (Lipinski definition) is 9. The van der Waals surface area contributed by atoms with Crippen molar-refractivity contribution < 1.29 is 13.9 Å². The smallest absolute Gasteiger partial charge is 0.288 e. The summed E-state index contributed by atoms with van der Waals surface area (Å²) in [6, 6.07) is 8.92. The fourth-order valence-corrected chi connectivity index (χ4v) is 3.66. The quantitative estimate of drug-likeness (QED) is 0.434. The molecule has 2 aromatic heterocycles. The summed E-state index contributed by atoms with van der Waals surface area (Å²) in [5, 5.41) is 3.81. The van der Waals surface area contributed by atoms with Gasteiger partial charge in [0.25, 0.3) is 5.91 Å². The standard InChI is InChI=1S/C22H24ClFN8O2/c1-31(2)19-6-4-14(11-16(19)23)27-15-3-5-18(25-12-15)21(33)29-30-22-26-13-17(24)20(28-22)32-7-9-34-10-8-32/h3-6,11-13,27H,7-10H2,1-2H3,(H,29,33)(H,26,28,30). The monoisotopic (exact) mass is 486 g/mol. The van der Waals surface area contributed by atoms with Crippen LogP contribution in [0.1, 0.15) is 10.5 Å². The van der Waals surface area contributed by atoms with Crippen molar-refractivity contribution in [2.45, 2.75) is 0 Å². The van der Waals surface area contributed by atoms with Gasteiger partial charge in [0.1, 0.15) is 5.69 Å². The maximum Gasteiger partial charge on any atom is 0.288 e. The highest BCUT2D eigenvalue weighted by Gasteiger charge is 2.18. The van der Waals surface area contributed by atoms with E-state index in [1.807, 2.05) is 37.2 Å². The molecule has 178 valence electrons. The minimum atomic E-state index is -0.541. The van der Waals surface area contributed by atoms with Crippen LogP contribution in [0.5, 0.6) is 0 Å². The number of rotatable bonds is 7. The Morgan fingerprint density at radius 1 is 1.12 bits per heavy atom. The summed E-state index contributed by atoms with van der Waals surface area (Å²) in [7, 11) is 3.84. The number of ether oxygens (including phenoxy) is 1. The Labute approximate surface area is 201 Å². The lowest BCUT2D eigenvalue weighted by molar-refractivity contribution is 0.0957. The zero-order chi connectivity index (χ0) is 24.1. The molecule has 1 aliphatic rings. The van der Waals surface area contributed by atoms with E-state index in [2.05, 4.69) is 31.1 Å². The first kappa shape index (κ1) is 23.5. The van der Waals surface area contributed by atoms with E-state index in [0.29, 0.717) is 37.0 Å². The minimum absolute atomic E-state index is 0.0626. The van der Waals surface area contributed by atoms with Crippen LogP contribution in [0, 0.1) is 5.82 Å². The normalized spacial score (nSPS) is 13.4. The highest BCUT2D eigenvalue weighted by Crippen LogP contribution is 2.28. The first-order chi connectivity index (χ1) is 16.4.